The first-order chi connectivity index (χ1) is 15.3. The number of carbonyl (C=O) groups is 1. The van der Waals surface area contributed by atoms with Crippen LogP contribution in [-0.4, -0.2) is 26.0 Å². The van der Waals surface area contributed by atoms with Gasteiger partial charge in [0.1, 0.15) is 23.4 Å². The Morgan fingerprint density at radius 1 is 0.969 bits per heavy atom. The number of benzene rings is 3. The number of hydrogen-bond acceptors (Lipinski definition) is 5. The minimum Gasteiger partial charge on any atom is -0.496 e. The molecule has 0 saturated heterocycles. The van der Waals surface area contributed by atoms with E-state index in [9.17, 15) is 4.79 Å². The van der Waals surface area contributed by atoms with Gasteiger partial charge >= 0.3 is 0 Å². The fourth-order valence-corrected chi connectivity index (χ4v) is 3.71. The van der Waals surface area contributed by atoms with Crippen molar-refractivity contribution in [3.63, 3.8) is 0 Å². The van der Waals surface area contributed by atoms with Crippen molar-refractivity contribution in [3.8, 4) is 11.5 Å². The van der Waals surface area contributed by atoms with Gasteiger partial charge in [0.2, 0.25) is 5.91 Å². The third kappa shape index (κ3) is 4.83. The quantitative estimate of drug-likeness (QED) is 0.353. The fraction of sp³-hybridized carbons (Fsp3) is 0.200. The lowest BCUT2D eigenvalue weighted by Crippen LogP contribution is -2.37. The molecule has 32 heavy (non-hydrogen) atoms. The van der Waals surface area contributed by atoms with Crippen molar-refractivity contribution in [2.75, 3.05) is 19.1 Å². The van der Waals surface area contributed by atoms with Crippen molar-refractivity contribution in [2.24, 2.45) is 11.5 Å². The molecule has 0 aliphatic heterocycles. The third-order valence-electron chi connectivity index (χ3n) is 5.38. The first kappa shape index (κ1) is 22.7. The van der Waals surface area contributed by atoms with E-state index in [2.05, 4.69) is 0 Å². The normalized spacial score (nSPS) is 11.5. The maximum atomic E-state index is 12.8. The van der Waals surface area contributed by atoms with E-state index >= 15 is 0 Å². The highest BCUT2D eigenvalue weighted by atomic mass is 16.5. The number of amides is 1. The van der Waals surface area contributed by atoms with Crippen LogP contribution in [0.5, 0.6) is 11.5 Å². The highest BCUT2D eigenvalue weighted by Crippen LogP contribution is 2.36. The molecule has 7 heteroatoms. The molecule has 166 valence electrons. The number of methoxy groups -OCH3 is 2. The number of ether oxygens (including phenoxy) is 2. The summed E-state index contributed by atoms with van der Waals surface area (Å²) < 4.78 is 11.0. The van der Waals surface area contributed by atoms with Gasteiger partial charge < -0.3 is 25.8 Å². The lowest BCUT2D eigenvalue weighted by molar-refractivity contribution is -0.119. The summed E-state index contributed by atoms with van der Waals surface area (Å²) in [4.78, 5) is 14.7. The molecule has 0 radical (unpaired) electrons. The molecule has 0 aliphatic carbocycles. The van der Waals surface area contributed by atoms with E-state index in [1.54, 1.807) is 26.4 Å². The first-order valence-electron chi connectivity index (χ1n) is 10.1. The second kappa shape index (κ2) is 9.87. The first-order valence-corrected chi connectivity index (χ1v) is 10.1. The maximum Gasteiger partial charge on any atom is 0.244 e. The number of nitrogen functional groups attached to an aromatic ring is 1. The Hall–Kier alpha value is -4.00. The van der Waals surface area contributed by atoms with Crippen molar-refractivity contribution >= 4 is 17.4 Å². The highest BCUT2D eigenvalue weighted by Gasteiger charge is 2.28. The topological polar surface area (TPSA) is 115 Å². The summed E-state index contributed by atoms with van der Waals surface area (Å²) in [5.41, 5.74) is 15.4. The number of nitrogens with two attached hydrogens (primary N) is 2. The predicted molar refractivity (Wildman–Crippen MR) is 126 cm³/mol. The Balaban J connectivity index is 2.15. The summed E-state index contributed by atoms with van der Waals surface area (Å²) in [6, 6.07) is 19.8. The smallest absolute Gasteiger partial charge is 0.244 e. The molecular weight excluding hydrogens is 404 g/mol. The van der Waals surface area contributed by atoms with Crippen LogP contribution in [0.2, 0.25) is 0 Å². The van der Waals surface area contributed by atoms with Crippen molar-refractivity contribution in [1.82, 2.24) is 0 Å². The maximum absolute atomic E-state index is 12.8. The molecule has 3 rings (SSSR count). The minimum absolute atomic E-state index is 0.0226. The zero-order valence-electron chi connectivity index (χ0n) is 18.5. The van der Waals surface area contributed by atoms with Gasteiger partial charge in [-0.05, 0) is 54.4 Å². The van der Waals surface area contributed by atoms with Gasteiger partial charge in [0.05, 0.1) is 14.2 Å². The molecule has 5 N–H and O–H groups in total. The lowest BCUT2D eigenvalue weighted by Gasteiger charge is -2.33. The van der Waals surface area contributed by atoms with Crippen LogP contribution in [0.15, 0.2) is 66.7 Å². The Labute approximate surface area is 188 Å². The molecule has 1 atom stereocenters. The molecule has 0 heterocycles. The van der Waals surface area contributed by atoms with Crippen LogP contribution in [0.4, 0.5) is 5.69 Å². The van der Waals surface area contributed by atoms with Crippen molar-refractivity contribution in [2.45, 2.75) is 19.5 Å². The van der Waals surface area contributed by atoms with E-state index in [-0.39, 0.29) is 5.84 Å². The molecule has 0 aromatic heterocycles. The summed E-state index contributed by atoms with van der Waals surface area (Å²) in [6.07, 6.45) is 0. The predicted octanol–water partition coefficient (Wildman–Crippen LogP) is 3.53. The molecule has 0 saturated carbocycles. The molecule has 0 bridgehead atoms. The average Bonchev–Trinajstić information content (AvgIpc) is 2.80. The van der Waals surface area contributed by atoms with Crippen molar-refractivity contribution in [3.05, 3.63) is 89.0 Å². The average molecular weight is 433 g/mol. The van der Waals surface area contributed by atoms with Gasteiger partial charge in [-0.25, -0.2) is 0 Å². The standard InChI is InChI=1S/C25H28N4O3/c1-16-21(31-2)13-19(14-22(16)32-3)23(25(28)30)29(15-17-7-5-4-6-8-17)20-11-9-18(10-12-20)24(26)27/h4-14,23H,15H2,1-3H3,(H3,26,27)(H2,28,30). The van der Waals surface area contributed by atoms with Gasteiger partial charge in [-0.15, -0.1) is 0 Å². The van der Waals surface area contributed by atoms with E-state index in [0.717, 1.165) is 16.8 Å². The fourth-order valence-electron chi connectivity index (χ4n) is 3.71. The van der Waals surface area contributed by atoms with Gasteiger partial charge in [-0.1, -0.05) is 30.3 Å². The van der Waals surface area contributed by atoms with Crippen LogP contribution in [0.25, 0.3) is 0 Å². The summed E-state index contributed by atoms with van der Waals surface area (Å²) in [7, 11) is 3.15. The highest BCUT2D eigenvalue weighted by molar-refractivity contribution is 5.95. The van der Waals surface area contributed by atoms with Crippen LogP contribution >= 0.6 is 0 Å². The summed E-state index contributed by atoms with van der Waals surface area (Å²) in [6.45, 7) is 2.33. The van der Waals surface area contributed by atoms with E-state index in [0.29, 0.717) is 29.2 Å². The number of nitrogens with zero attached hydrogens (tertiary/aromatic N) is 1. The summed E-state index contributed by atoms with van der Waals surface area (Å²) in [5.74, 6) is 0.685. The molecule has 1 unspecified atom stereocenters. The van der Waals surface area contributed by atoms with Gasteiger partial charge in [-0.2, -0.15) is 0 Å². The molecule has 3 aromatic rings. The van der Waals surface area contributed by atoms with Crippen LogP contribution in [0.3, 0.4) is 0 Å². The number of primary amides is 1. The van der Waals surface area contributed by atoms with Gasteiger partial charge in [-0.3, -0.25) is 10.2 Å². The van der Waals surface area contributed by atoms with Crippen molar-refractivity contribution < 1.29 is 14.3 Å². The van der Waals surface area contributed by atoms with Crippen LogP contribution in [0.1, 0.15) is 28.3 Å². The molecule has 1 amide bonds. The molecule has 3 aromatic carbocycles. The molecular formula is C25H28N4O3. The minimum atomic E-state index is -0.790. The zero-order chi connectivity index (χ0) is 23.3. The Morgan fingerprint density at radius 3 is 2.00 bits per heavy atom. The molecule has 0 aliphatic rings. The third-order valence-corrected chi connectivity index (χ3v) is 5.38. The van der Waals surface area contributed by atoms with Crippen LogP contribution < -0.4 is 25.8 Å². The van der Waals surface area contributed by atoms with Gasteiger partial charge in [0.15, 0.2) is 0 Å². The van der Waals surface area contributed by atoms with Gasteiger partial charge in [0, 0.05) is 23.4 Å². The number of amidine groups is 1. The van der Waals surface area contributed by atoms with E-state index in [1.165, 1.54) is 0 Å². The molecule has 0 fully saturated rings. The zero-order valence-corrected chi connectivity index (χ0v) is 18.5. The lowest BCUT2D eigenvalue weighted by atomic mass is 9.99. The summed E-state index contributed by atoms with van der Waals surface area (Å²) in [5, 5.41) is 7.65. The molecule has 0 spiro atoms. The monoisotopic (exact) mass is 432 g/mol. The Morgan fingerprint density at radius 2 is 1.53 bits per heavy atom. The second-order valence-corrected chi connectivity index (χ2v) is 7.43. The van der Waals surface area contributed by atoms with Crippen LogP contribution in [-0.2, 0) is 11.3 Å². The number of anilines is 1. The number of rotatable bonds is 9. The summed E-state index contributed by atoms with van der Waals surface area (Å²) >= 11 is 0. The van der Waals surface area contributed by atoms with E-state index < -0.39 is 11.9 Å². The Bertz CT molecular complexity index is 1070. The number of nitrogens with one attached hydrogen (secondary N) is 1. The number of hydrogen-bond donors (Lipinski definition) is 3. The largest absolute Gasteiger partial charge is 0.496 e. The second-order valence-electron chi connectivity index (χ2n) is 7.43. The molecule has 7 nitrogen and oxygen atoms in total. The number of carbonyl (C=O) groups excluding carboxylic acids is 1. The van der Waals surface area contributed by atoms with E-state index in [1.807, 2.05) is 66.4 Å². The van der Waals surface area contributed by atoms with Crippen molar-refractivity contribution in [1.29, 1.82) is 5.41 Å². The Kier molecular flexibility index (Phi) is 7.00. The SMILES string of the molecule is COc1cc(C(C(N)=O)N(Cc2ccccc2)c2ccc(C(=N)N)cc2)cc(OC)c1C. The van der Waals surface area contributed by atoms with Crippen LogP contribution in [0, 0.1) is 12.3 Å². The van der Waals surface area contributed by atoms with Gasteiger partial charge in [0.25, 0.3) is 0 Å². The van der Waals surface area contributed by atoms with E-state index in [4.69, 9.17) is 26.4 Å².